The first-order chi connectivity index (χ1) is 8.29. The second-order valence-electron chi connectivity index (χ2n) is 5.69. The summed E-state index contributed by atoms with van der Waals surface area (Å²) in [5, 5.41) is 0. The van der Waals surface area contributed by atoms with Crippen LogP contribution in [0.1, 0.15) is 47.5 Å². The van der Waals surface area contributed by atoms with E-state index in [9.17, 15) is 4.79 Å². The Bertz CT molecular complexity index is 332. The maximum Gasteiger partial charge on any atom is 0.377 e. The Morgan fingerprint density at radius 3 is 2.06 bits per heavy atom. The summed E-state index contributed by atoms with van der Waals surface area (Å²) >= 11 is 0. The van der Waals surface area contributed by atoms with Crippen molar-refractivity contribution in [3.63, 3.8) is 0 Å². The number of hydrogen-bond donors (Lipinski definition) is 0. The number of ether oxygens (including phenoxy) is 3. The first-order valence-electron chi connectivity index (χ1n) is 6.47. The second kappa shape index (κ2) is 5.63. The molecule has 4 heteroatoms. The topological polar surface area (TPSA) is 44.8 Å². The molecule has 0 amide bonds. The molecule has 0 fully saturated rings. The molecule has 1 rings (SSSR count). The van der Waals surface area contributed by atoms with Crippen LogP contribution in [0.4, 0.5) is 0 Å². The van der Waals surface area contributed by atoms with Crippen molar-refractivity contribution in [2.24, 2.45) is 11.8 Å². The van der Waals surface area contributed by atoms with Gasteiger partial charge in [-0.2, -0.15) is 0 Å². The van der Waals surface area contributed by atoms with Crippen LogP contribution in [-0.4, -0.2) is 18.9 Å². The van der Waals surface area contributed by atoms with Gasteiger partial charge in [-0.3, -0.25) is 0 Å². The minimum atomic E-state index is -0.712. The van der Waals surface area contributed by atoms with Crippen LogP contribution in [0.3, 0.4) is 0 Å². The van der Waals surface area contributed by atoms with Gasteiger partial charge in [0.25, 0.3) is 5.79 Å². The lowest BCUT2D eigenvalue weighted by atomic mass is 9.94. The van der Waals surface area contributed by atoms with Gasteiger partial charge in [0.05, 0.1) is 7.11 Å². The SMILES string of the molecule is COC(=O)C1=C(C)OC(CC(C)C)(CC(C)C)O1. The van der Waals surface area contributed by atoms with E-state index < -0.39 is 11.8 Å². The highest BCUT2D eigenvalue weighted by Gasteiger charge is 2.44. The highest BCUT2D eigenvalue weighted by atomic mass is 16.7. The minimum Gasteiger partial charge on any atom is -0.463 e. The largest absolute Gasteiger partial charge is 0.463 e. The van der Waals surface area contributed by atoms with Gasteiger partial charge in [-0.15, -0.1) is 0 Å². The maximum absolute atomic E-state index is 11.6. The Morgan fingerprint density at radius 1 is 1.17 bits per heavy atom. The lowest BCUT2D eigenvalue weighted by molar-refractivity contribution is -0.182. The van der Waals surface area contributed by atoms with E-state index in [0.29, 0.717) is 17.6 Å². The summed E-state index contributed by atoms with van der Waals surface area (Å²) in [6.07, 6.45) is 1.51. The van der Waals surface area contributed by atoms with E-state index in [1.54, 1.807) is 6.92 Å². The molecule has 104 valence electrons. The lowest BCUT2D eigenvalue weighted by Gasteiger charge is -2.31. The van der Waals surface area contributed by atoms with Crippen LogP contribution in [0.25, 0.3) is 0 Å². The van der Waals surface area contributed by atoms with Crippen molar-refractivity contribution in [3.05, 3.63) is 11.5 Å². The normalized spacial score (nSPS) is 18.0. The monoisotopic (exact) mass is 256 g/mol. The summed E-state index contributed by atoms with van der Waals surface area (Å²) in [5.41, 5.74) is 0. The Hall–Kier alpha value is -1.19. The van der Waals surface area contributed by atoms with E-state index >= 15 is 0 Å². The molecule has 1 aliphatic rings. The smallest absolute Gasteiger partial charge is 0.377 e. The molecule has 0 saturated heterocycles. The Kier molecular flexibility index (Phi) is 4.65. The van der Waals surface area contributed by atoms with Crippen molar-refractivity contribution in [3.8, 4) is 0 Å². The summed E-state index contributed by atoms with van der Waals surface area (Å²) in [4.78, 5) is 11.6. The Labute approximate surface area is 109 Å². The number of esters is 1. The van der Waals surface area contributed by atoms with Crippen molar-refractivity contribution in [2.45, 2.75) is 53.2 Å². The average molecular weight is 256 g/mol. The fraction of sp³-hybridized carbons (Fsp3) is 0.786. The van der Waals surface area contributed by atoms with Crippen molar-refractivity contribution in [2.75, 3.05) is 7.11 Å². The van der Waals surface area contributed by atoms with Crippen LogP contribution in [0, 0.1) is 11.8 Å². The van der Waals surface area contributed by atoms with Gasteiger partial charge in [0, 0.05) is 12.8 Å². The van der Waals surface area contributed by atoms with Crippen molar-refractivity contribution in [1.82, 2.24) is 0 Å². The number of methoxy groups -OCH3 is 1. The van der Waals surface area contributed by atoms with Crippen LogP contribution >= 0.6 is 0 Å². The molecule has 0 saturated carbocycles. The number of rotatable bonds is 5. The zero-order valence-electron chi connectivity index (χ0n) is 12.2. The summed E-state index contributed by atoms with van der Waals surface area (Å²) < 4.78 is 16.4. The first kappa shape index (κ1) is 14.9. The van der Waals surface area contributed by atoms with Gasteiger partial charge >= 0.3 is 5.97 Å². The van der Waals surface area contributed by atoms with Gasteiger partial charge in [-0.1, -0.05) is 27.7 Å². The van der Waals surface area contributed by atoms with Crippen LogP contribution in [-0.2, 0) is 19.0 Å². The third kappa shape index (κ3) is 3.40. The highest BCUT2D eigenvalue weighted by molar-refractivity contribution is 5.87. The summed E-state index contributed by atoms with van der Waals surface area (Å²) in [7, 11) is 1.34. The number of hydrogen-bond acceptors (Lipinski definition) is 4. The molecular formula is C14H24O4. The fourth-order valence-electron chi connectivity index (χ4n) is 2.38. The molecule has 0 radical (unpaired) electrons. The van der Waals surface area contributed by atoms with Gasteiger partial charge in [0.1, 0.15) is 5.76 Å². The molecule has 0 unspecified atom stereocenters. The van der Waals surface area contributed by atoms with Crippen molar-refractivity contribution >= 4 is 5.97 Å². The first-order valence-corrected chi connectivity index (χ1v) is 6.47. The van der Waals surface area contributed by atoms with Gasteiger partial charge in [-0.25, -0.2) is 4.79 Å². The molecule has 0 atom stereocenters. The van der Waals surface area contributed by atoms with Crippen LogP contribution < -0.4 is 0 Å². The zero-order valence-corrected chi connectivity index (χ0v) is 12.2. The average Bonchev–Trinajstić information content (AvgIpc) is 2.51. The van der Waals surface area contributed by atoms with Gasteiger partial charge in [0.15, 0.2) is 0 Å². The molecule has 1 heterocycles. The highest BCUT2D eigenvalue weighted by Crippen LogP contribution is 2.40. The number of carbonyl (C=O) groups excluding carboxylic acids is 1. The molecule has 0 aromatic carbocycles. The maximum atomic E-state index is 11.6. The second-order valence-corrected chi connectivity index (χ2v) is 5.69. The predicted molar refractivity (Wildman–Crippen MR) is 68.5 cm³/mol. The quantitative estimate of drug-likeness (QED) is 0.708. The molecule has 0 bridgehead atoms. The zero-order chi connectivity index (χ0) is 13.9. The van der Waals surface area contributed by atoms with Gasteiger partial charge < -0.3 is 14.2 Å². The van der Waals surface area contributed by atoms with Crippen LogP contribution in [0.5, 0.6) is 0 Å². The van der Waals surface area contributed by atoms with E-state index in [4.69, 9.17) is 14.2 Å². The molecule has 1 aliphatic heterocycles. The molecule has 4 nitrogen and oxygen atoms in total. The standard InChI is InChI=1S/C14H24O4/c1-9(2)7-14(8-10(3)4)17-11(5)12(18-14)13(15)16-6/h9-10H,7-8H2,1-6H3. The Balaban J connectivity index is 2.89. The molecule has 0 N–H and O–H groups in total. The molecule has 18 heavy (non-hydrogen) atoms. The summed E-state index contributed by atoms with van der Waals surface area (Å²) in [5.74, 6) is 0.390. The number of carbonyl (C=O) groups is 1. The van der Waals surface area contributed by atoms with Gasteiger partial charge in [0.2, 0.25) is 5.76 Å². The van der Waals surface area contributed by atoms with Gasteiger partial charge in [-0.05, 0) is 18.8 Å². The van der Waals surface area contributed by atoms with Crippen molar-refractivity contribution < 1.29 is 19.0 Å². The van der Waals surface area contributed by atoms with E-state index in [2.05, 4.69) is 27.7 Å². The molecule has 0 aliphatic carbocycles. The lowest BCUT2D eigenvalue weighted by Crippen LogP contribution is -2.35. The van der Waals surface area contributed by atoms with Crippen LogP contribution in [0.2, 0.25) is 0 Å². The van der Waals surface area contributed by atoms with Crippen molar-refractivity contribution in [1.29, 1.82) is 0 Å². The number of allylic oxidation sites excluding steroid dienone is 1. The van der Waals surface area contributed by atoms with Crippen LogP contribution in [0.15, 0.2) is 11.5 Å². The van der Waals surface area contributed by atoms with E-state index in [-0.39, 0.29) is 5.76 Å². The van der Waals surface area contributed by atoms with E-state index in [1.165, 1.54) is 7.11 Å². The van der Waals surface area contributed by atoms with E-state index in [1.807, 2.05) is 0 Å². The Morgan fingerprint density at radius 2 is 1.67 bits per heavy atom. The third-order valence-electron chi connectivity index (χ3n) is 2.76. The molecule has 0 spiro atoms. The molecular weight excluding hydrogens is 232 g/mol. The minimum absolute atomic E-state index is 0.207. The summed E-state index contributed by atoms with van der Waals surface area (Å²) in [6, 6.07) is 0. The molecule has 0 aromatic rings. The predicted octanol–water partition coefficient (Wildman–Crippen LogP) is 3.23. The third-order valence-corrected chi connectivity index (χ3v) is 2.76. The fourth-order valence-corrected chi connectivity index (χ4v) is 2.38. The summed E-state index contributed by atoms with van der Waals surface area (Å²) in [6.45, 7) is 10.2. The van der Waals surface area contributed by atoms with E-state index in [0.717, 1.165) is 12.8 Å². The molecule has 0 aromatic heterocycles.